The van der Waals surface area contributed by atoms with Crippen molar-refractivity contribution in [2.45, 2.75) is 25.5 Å². The van der Waals surface area contributed by atoms with E-state index in [2.05, 4.69) is 15.8 Å². The lowest BCUT2D eigenvalue weighted by Gasteiger charge is -2.13. The Bertz CT molecular complexity index is 925. The van der Waals surface area contributed by atoms with Crippen molar-refractivity contribution in [1.82, 2.24) is 10.7 Å². The molecule has 0 heterocycles. The summed E-state index contributed by atoms with van der Waals surface area (Å²) in [5.74, 6) is -0.538. The number of amides is 2. The van der Waals surface area contributed by atoms with E-state index in [0.29, 0.717) is 32.7 Å². The van der Waals surface area contributed by atoms with Gasteiger partial charge in [-0.15, -0.1) is 0 Å². The van der Waals surface area contributed by atoms with Crippen LogP contribution in [0.1, 0.15) is 24.0 Å². The number of benzene rings is 2. The van der Waals surface area contributed by atoms with Gasteiger partial charge in [-0.3, -0.25) is 9.59 Å². The fourth-order valence-electron chi connectivity index (χ4n) is 2.40. The summed E-state index contributed by atoms with van der Waals surface area (Å²) >= 11 is 12.3. The van der Waals surface area contributed by atoms with E-state index in [9.17, 15) is 9.59 Å². The van der Waals surface area contributed by atoms with Crippen molar-refractivity contribution in [3.63, 3.8) is 0 Å². The number of hydrazone groups is 1. The first-order chi connectivity index (χ1) is 14.0. The highest BCUT2D eigenvalue weighted by Crippen LogP contribution is 2.31. The number of methoxy groups -OCH3 is 1. The molecule has 0 atom stereocenters. The zero-order chi connectivity index (χ0) is 20.8. The molecule has 0 bridgehead atoms. The minimum absolute atomic E-state index is 0.106. The van der Waals surface area contributed by atoms with Crippen LogP contribution in [0.3, 0.4) is 0 Å². The number of hydrogen-bond donors (Lipinski definition) is 2. The summed E-state index contributed by atoms with van der Waals surface area (Å²) in [6.45, 7) is 0.175. The summed E-state index contributed by atoms with van der Waals surface area (Å²) in [4.78, 5) is 23.2. The zero-order valence-corrected chi connectivity index (χ0v) is 17.1. The Kier molecular flexibility index (Phi) is 6.95. The van der Waals surface area contributed by atoms with Gasteiger partial charge < -0.3 is 14.8 Å². The Morgan fingerprint density at radius 1 is 1.14 bits per heavy atom. The molecule has 0 saturated heterocycles. The number of nitrogens with zero attached hydrogens (tertiary/aromatic N) is 1. The van der Waals surface area contributed by atoms with E-state index in [1.54, 1.807) is 36.4 Å². The summed E-state index contributed by atoms with van der Waals surface area (Å²) in [6.07, 6.45) is 3.21. The first-order valence-corrected chi connectivity index (χ1v) is 9.61. The van der Waals surface area contributed by atoms with Crippen LogP contribution in [-0.2, 0) is 16.2 Å². The quantitative estimate of drug-likeness (QED) is 0.396. The van der Waals surface area contributed by atoms with Gasteiger partial charge in [0.1, 0.15) is 6.61 Å². The first kappa shape index (κ1) is 21.0. The zero-order valence-electron chi connectivity index (χ0n) is 15.6. The topological polar surface area (TPSA) is 89.0 Å². The third-order valence-corrected chi connectivity index (χ3v) is 4.83. The van der Waals surface area contributed by atoms with Crippen LogP contribution in [0, 0.1) is 0 Å². The molecule has 0 aliphatic heterocycles. The van der Waals surface area contributed by atoms with Gasteiger partial charge in [0.15, 0.2) is 11.5 Å². The minimum atomic E-state index is -0.809. The third kappa shape index (κ3) is 5.85. The molecule has 0 unspecified atom stereocenters. The molecule has 1 aliphatic carbocycles. The second-order valence-corrected chi connectivity index (χ2v) is 7.16. The molecule has 2 amide bonds. The monoisotopic (exact) mass is 435 g/mol. The van der Waals surface area contributed by atoms with Gasteiger partial charge in [-0.05, 0) is 48.7 Å². The van der Waals surface area contributed by atoms with Gasteiger partial charge >= 0.3 is 11.8 Å². The second-order valence-electron chi connectivity index (χ2n) is 6.35. The molecule has 2 N–H and O–H groups in total. The van der Waals surface area contributed by atoms with Gasteiger partial charge in [-0.1, -0.05) is 29.3 Å². The van der Waals surface area contributed by atoms with Gasteiger partial charge in [0.25, 0.3) is 0 Å². The lowest BCUT2D eigenvalue weighted by atomic mass is 10.2. The SMILES string of the molecule is COc1cc(/C=N\NC(=O)C(=O)NC2CC2)ccc1OCc1c(Cl)cccc1Cl. The standard InChI is InChI=1S/C20H19Cl2N3O4/c1-28-18-9-12(10-23-25-20(27)19(26)24-13-6-7-13)5-8-17(18)29-11-14-15(21)3-2-4-16(14)22/h2-5,8-10,13H,6-7,11H2,1H3,(H,24,26)(H,25,27)/b23-10-. The molecule has 1 saturated carbocycles. The van der Waals surface area contributed by atoms with E-state index in [0.717, 1.165) is 12.8 Å². The molecule has 0 spiro atoms. The first-order valence-electron chi connectivity index (χ1n) is 8.85. The van der Waals surface area contributed by atoms with Crippen LogP contribution in [0.25, 0.3) is 0 Å². The maximum atomic E-state index is 11.6. The summed E-state index contributed by atoms with van der Waals surface area (Å²) in [7, 11) is 1.51. The molecular formula is C20H19Cl2N3O4. The van der Waals surface area contributed by atoms with Crippen LogP contribution >= 0.6 is 23.2 Å². The van der Waals surface area contributed by atoms with Gasteiger partial charge in [0, 0.05) is 21.7 Å². The number of carbonyl (C=O) groups is 2. The van der Waals surface area contributed by atoms with E-state index < -0.39 is 11.8 Å². The molecule has 9 heteroatoms. The molecule has 1 aliphatic rings. The highest BCUT2D eigenvalue weighted by molar-refractivity contribution is 6.36. The summed E-state index contributed by atoms with van der Waals surface area (Å²) in [5.41, 5.74) is 3.52. The molecule has 152 valence electrons. The van der Waals surface area contributed by atoms with Crippen LogP contribution < -0.4 is 20.2 Å². The average Bonchev–Trinajstić information content (AvgIpc) is 3.52. The second kappa shape index (κ2) is 9.62. The lowest BCUT2D eigenvalue weighted by Crippen LogP contribution is -2.38. The number of nitrogens with one attached hydrogen (secondary N) is 2. The average molecular weight is 436 g/mol. The summed E-state index contributed by atoms with van der Waals surface area (Å²) in [5, 5.41) is 7.41. The molecule has 0 aromatic heterocycles. The number of ether oxygens (including phenoxy) is 2. The van der Waals surface area contributed by atoms with Gasteiger partial charge in [-0.2, -0.15) is 5.10 Å². The Morgan fingerprint density at radius 3 is 2.52 bits per heavy atom. The van der Waals surface area contributed by atoms with E-state index >= 15 is 0 Å². The van der Waals surface area contributed by atoms with Gasteiger partial charge in [-0.25, -0.2) is 5.43 Å². The lowest BCUT2D eigenvalue weighted by molar-refractivity contribution is -0.139. The van der Waals surface area contributed by atoms with E-state index in [-0.39, 0.29) is 12.6 Å². The van der Waals surface area contributed by atoms with Crippen molar-refractivity contribution < 1.29 is 19.1 Å². The summed E-state index contributed by atoms with van der Waals surface area (Å²) < 4.78 is 11.1. The van der Waals surface area contributed by atoms with E-state index in [4.69, 9.17) is 32.7 Å². The number of halogens is 2. The number of rotatable bonds is 7. The molecule has 29 heavy (non-hydrogen) atoms. The number of carbonyl (C=O) groups excluding carboxylic acids is 2. The van der Waals surface area contributed by atoms with E-state index in [1.807, 2.05) is 0 Å². The smallest absolute Gasteiger partial charge is 0.329 e. The normalized spacial score (nSPS) is 13.2. The molecule has 3 rings (SSSR count). The summed E-state index contributed by atoms with van der Waals surface area (Å²) in [6, 6.07) is 10.5. The molecule has 2 aromatic rings. The van der Waals surface area contributed by atoms with Crippen LogP contribution in [0.5, 0.6) is 11.5 Å². The Morgan fingerprint density at radius 2 is 1.86 bits per heavy atom. The number of hydrogen-bond acceptors (Lipinski definition) is 5. The fourth-order valence-corrected chi connectivity index (χ4v) is 2.91. The fraction of sp³-hybridized carbons (Fsp3) is 0.250. The van der Waals surface area contributed by atoms with Crippen LogP contribution in [-0.4, -0.2) is 31.2 Å². The van der Waals surface area contributed by atoms with Crippen molar-refractivity contribution in [3.8, 4) is 11.5 Å². The van der Waals surface area contributed by atoms with Crippen molar-refractivity contribution in [3.05, 3.63) is 57.6 Å². The maximum Gasteiger partial charge on any atom is 0.329 e. The Hall–Kier alpha value is -2.77. The van der Waals surface area contributed by atoms with Crippen molar-refractivity contribution >= 4 is 41.2 Å². The molecule has 7 nitrogen and oxygen atoms in total. The Labute approximate surface area is 178 Å². The van der Waals surface area contributed by atoms with Crippen LogP contribution in [0.15, 0.2) is 41.5 Å². The molecular weight excluding hydrogens is 417 g/mol. The van der Waals surface area contributed by atoms with Gasteiger partial charge in [0.05, 0.1) is 13.3 Å². The predicted molar refractivity (Wildman–Crippen MR) is 111 cm³/mol. The van der Waals surface area contributed by atoms with Gasteiger partial charge in [0.2, 0.25) is 0 Å². The maximum absolute atomic E-state index is 11.6. The van der Waals surface area contributed by atoms with Crippen LogP contribution in [0.2, 0.25) is 10.0 Å². The molecule has 1 fully saturated rings. The van der Waals surface area contributed by atoms with Crippen molar-refractivity contribution in [2.24, 2.45) is 5.10 Å². The van der Waals surface area contributed by atoms with Crippen LogP contribution in [0.4, 0.5) is 0 Å². The Balaban J connectivity index is 1.60. The third-order valence-electron chi connectivity index (χ3n) is 4.12. The highest BCUT2D eigenvalue weighted by atomic mass is 35.5. The van der Waals surface area contributed by atoms with E-state index in [1.165, 1.54) is 13.3 Å². The molecule has 2 aromatic carbocycles. The largest absolute Gasteiger partial charge is 0.493 e. The van der Waals surface area contributed by atoms with Crippen molar-refractivity contribution in [2.75, 3.05) is 7.11 Å². The predicted octanol–water partition coefficient (Wildman–Crippen LogP) is 3.31. The minimum Gasteiger partial charge on any atom is -0.493 e. The molecule has 0 radical (unpaired) electrons. The van der Waals surface area contributed by atoms with Crippen molar-refractivity contribution in [1.29, 1.82) is 0 Å². The highest BCUT2D eigenvalue weighted by Gasteiger charge is 2.26.